The second-order valence-electron chi connectivity index (χ2n) is 4.24. The van der Waals surface area contributed by atoms with E-state index in [0.717, 1.165) is 18.0 Å². The van der Waals surface area contributed by atoms with Crippen LogP contribution in [0.1, 0.15) is 13.8 Å². The van der Waals surface area contributed by atoms with Gasteiger partial charge in [-0.05, 0) is 26.0 Å². The van der Waals surface area contributed by atoms with Crippen LogP contribution in [-0.2, 0) is 0 Å². The first-order valence-electron chi connectivity index (χ1n) is 5.37. The summed E-state index contributed by atoms with van der Waals surface area (Å²) >= 11 is 1.81. The van der Waals surface area contributed by atoms with Crippen LogP contribution in [0.4, 0.5) is 10.5 Å². The maximum atomic E-state index is 12.0. The van der Waals surface area contributed by atoms with Crippen molar-refractivity contribution in [3.63, 3.8) is 0 Å². The first kappa shape index (κ1) is 11.3. The molecule has 86 valence electrons. The van der Waals surface area contributed by atoms with Gasteiger partial charge in [-0.3, -0.25) is 0 Å². The van der Waals surface area contributed by atoms with E-state index in [1.54, 1.807) is 0 Å². The van der Waals surface area contributed by atoms with Gasteiger partial charge in [-0.25, -0.2) is 4.79 Å². The molecule has 1 N–H and O–H groups in total. The second-order valence-corrected chi connectivity index (χ2v) is 5.94. The van der Waals surface area contributed by atoms with Gasteiger partial charge in [-0.2, -0.15) is 0 Å². The fourth-order valence-corrected chi connectivity index (χ4v) is 2.90. The SMILES string of the molecule is CC1(C)SCCN1C(=O)Nc1ccccc1. The van der Waals surface area contributed by atoms with Crippen molar-refractivity contribution in [2.24, 2.45) is 0 Å². The van der Waals surface area contributed by atoms with E-state index in [1.165, 1.54) is 0 Å². The third kappa shape index (κ3) is 2.32. The number of urea groups is 1. The van der Waals surface area contributed by atoms with Gasteiger partial charge in [0.25, 0.3) is 0 Å². The van der Waals surface area contributed by atoms with E-state index < -0.39 is 0 Å². The summed E-state index contributed by atoms with van der Waals surface area (Å²) in [6, 6.07) is 9.55. The highest BCUT2D eigenvalue weighted by molar-refractivity contribution is 8.00. The van der Waals surface area contributed by atoms with Gasteiger partial charge in [-0.15, -0.1) is 11.8 Å². The van der Waals surface area contributed by atoms with E-state index in [4.69, 9.17) is 0 Å². The molecular formula is C12H16N2OS. The lowest BCUT2D eigenvalue weighted by Crippen LogP contribution is -2.43. The predicted octanol–water partition coefficient (Wildman–Crippen LogP) is 3.00. The Bertz CT molecular complexity index is 378. The highest BCUT2D eigenvalue weighted by Gasteiger charge is 2.36. The van der Waals surface area contributed by atoms with E-state index in [-0.39, 0.29) is 10.9 Å². The molecule has 0 spiro atoms. The van der Waals surface area contributed by atoms with Gasteiger partial charge in [-0.1, -0.05) is 18.2 Å². The molecular weight excluding hydrogens is 220 g/mol. The maximum absolute atomic E-state index is 12.0. The Morgan fingerprint density at radius 1 is 1.38 bits per heavy atom. The van der Waals surface area contributed by atoms with Gasteiger partial charge in [0, 0.05) is 18.0 Å². The number of amides is 2. The molecule has 0 atom stereocenters. The van der Waals surface area contributed by atoms with Crippen molar-refractivity contribution in [1.29, 1.82) is 0 Å². The summed E-state index contributed by atoms with van der Waals surface area (Å²) in [7, 11) is 0. The summed E-state index contributed by atoms with van der Waals surface area (Å²) in [5.41, 5.74) is 0.847. The average Bonchev–Trinajstić information content (AvgIpc) is 2.59. The predicted molar refractivity (Wildman–Crippen MR) is 68.7 cm³/mol. The summed E-state index contributed by atoms with van der Waals surface area (Å²) in [5, 5.41) is 2.91. The molecule has 1 aliphatic heterocycles. The molecule has 1 saturated heterocycles. The van der Waals surface area contributed by atoms with Crippen molar-refractivity contribution < 1.29 is 4.79 Å². The lowest BCUT2D eigenvalue weighted by Gasteiger charge is -2.30. The number of carbonyl (C=O) groups is 1. The van der Waals surface area contributed by atoms with Crippen LogP contribution in [0, 0.1) is 0 Å². The summed E-state index contributed by atoms with van der Waals surface area (Å²) in [6.07, 6.45) is 0. The van der Waals surface area contributed by atoms with Crippen LogP contribution in [-0.4, -0.2) is 28.1 Å². The van der Waals surface area contributed by atoms with Crippen molar-refractivity contribution in [1.82, 2.24) is 4.90 Å². The van der Waals surface area contributed by atoms with Crippen LogP contribution < -0.4 is 5.32 Å². The second kappa shape index (κ2) is 4.37. The topological polar surface area (TPSA) is 32.3 Å². The van der Waals surface area contributed by atoms with Gasteiger partial charge in [0.05, 0.1) is 4.87 Å². The summed E-state index contributed by atoms with van der Waals surface area (Å²) in [4.78, 5) is 13.8. The number of hydrogen-bond acceptors (Lipinski definition) is 2. The lowest BCUT2D eigenvalue weighted by atomic mass is 10.3. The molecule has 1 aromatic rings. The van der Waals surface area contributed by atoms with Crippen LogP contribution in [0.3, 0.4) is 0 Å². The molecule has 1 heterocycles. The Morgan fingerprint density at radius 2 is 2.06 bits per heavy atom. The van der Waals surface area contributed by atoms with E-state index >= 15 is 0 Å². The zero-order valence-corrected chi connectivity index (χ0v) is 10.4. The number of nitrogens with zero attached hydrogens (tertiary/aromatic N) is 1. The third-order valence-corrected chi connectivity index (χ3v) is 4.00. The molecule has 0 aromatic heterocycles. The van der Waals surface area contributed by atoms with E-state index in [1.807, 2.05) is 47.0 Å². The van der Waals surface area contributed by atoms with E-state index in [0.29, 0.717) is 0 Å². The zero-order valence-electron chi connectivity index (χ0n) is 9.56. The third-order valence-electron chi connectivity index (χ3n) is 2.69. The van der Waals surface area contributed by atoms with Gasteiger partial charge in [0.15, 0.2) is 0 Å². The number of thioether (sulfide) groups is 1. The molecule has 2 amide bonds. The molecule has 1 fully saturated rings. The van der Waals surface area contributed by atoms with Crippen molar-refractivity contribution in [2.75, 3.05) is 17.6 Å². The van der Waals surface area contributed by atoms with Crippen LogP contribution in [0.15, 0.2) is 30.3 Å². The minimum atomic E-state index is -0.0983. The molecule has 0 radical (unpaired) electrons. The normalized spacial score (nSPS) is 18.5. The Morgan fingerprint density at radius 3 is 2.62 bits per heavy atom. The molecule has 1 aromatic carbocycles. The monoisotopic (exact) mass is 236 g/mol. The van der Waals surface area contributed by atoms with Gasteiger partial charge in [0.2, 0.25) is 0 Å². The minimum absolute atomic E-state index is 0.0128. The van der Waals surface area contributed by atoms with Crippen molar-refractivity contribution >= 4 is 23.5 Å². The molecule has 0 bridgehead atoms. The summed E-state index contributed by atoms with van der Waals surface area (Å²) in [5.74, 6) is 1.01. The first-order chi connectivity index (χ1) is 7.59. The number of anilines is 1. The fraction of sp³-hybridized carbons (Fsp3) is 0.417. The van der Waals surface area contributed by atoms with Crippen LogP contribution in [0.5, 0.6) is 0 Å². The van der Waals surface area contributed by atoms with Crippen LogP contribution in [0.2, 0.25) is 0 Å². The van der Waals surface area contributed by atoms with Gasteiger partial charge >= 0.3 is 6.03 Å². The first-order valence-corrected chi connectivity index (χ1v) is 6.36. The zero-order chi connectivity index (χ0) is 11.6. The van der Waals surface area contributed by atoms with Crippen LogP contribution in [0.25, 0.3) is 0 Å². The smallest absolute Gasteiger partial charge is 0.310 e. The Kier molecular flexibility index (Phi) is 3.10. The Labute approximate surface area is 100 Å². The average molecular weight is 236 g/mol. The largest absolute Gasteiger partial charge is 0.322 e. The number of nitrogens with one attached hydrogen (secondary N) is 1. The number of carbonyl (C=O) groups excluding carboxylic acids is 1. The quantitative estimate of drug-likeness (QED) is 0.813. The molecule has 2 rings (SSSR count). The summed E-state index contributed by atoms with van der Waals surface area (Å²) < 4.78 is 0. The number of benzene rings is 1. The van der Waals surface area contributed by atoms with Crippen molar-refractivity contribution in [2.45, 2.75) is 18.7 Å². The Balaban J connectivity index is 2.04. The minimum Gasteiger partial charge on any atom is -0.310 e. The van der Waals surface area contributed by atoms with Gasteiger partial charge < -0.3 is 10.2 Å². The number of para-hydroxylation sites is 1. The Hall–Kier alpha value is -1.16. The molecule has 0 aliphatic carbocycles. The number of rotatable bonds is 1. The van der Waals surface area contributed by atoms with Crippen LogP contribution >= 0.6 is 11.8 Å². The lowest BCUT2D eigenvalue weighted by molar-refractivity contribution is 0.198. The molecule has 0 saturated carbocycles. The standard InChI is InChI=1S/C12H16N2OS/c1-12(2)14(8-9-16-12)11(15)13-10-6-4-3-5-7-10/h3-7H,8-9H2,1-2H3,(H,13,15). The molecule has 1 aliphatic rings. The highest BCUT2D eigenvalue weighted by atomic mass is 32.2. The molecule has 0 unspecified atom stereocenters. The number of hydrogen-bond donors (Lipinski definition) is 1. The van der Waals surface area contributed by atoms with E-state index in [9.17, 15) is 4.79 Å². The highest BCUT2D eigenvalue weighted by Crippen LogP contribution is 2.34. The molecule has 16 heavy (non-hydrogen) atoms. The molecule has 4 heteroatoms. The maximum Gasteiger partial charge on any atom is 0.322 e. The van der Waals surface area contributed by atoms with E-state index in [2.05, 4.69) is 19.2 Å². The summed E-state index contributed by atoms with van der Waals surface area (Å²) in [6.45, 7) is 4.97. The van der Waals surface area contributed by atoms with Crippen molar-refractivity contribution in [3.05, 3.63) is 30.3 Å². The fourth-order valence-electron chi connectivity index (χ4n) is 1.79. The van der Waals surface area contributed by atoms with Gasteiger partial charge in [0.1, 0.15) is 0 Å². The van der Waals surface area contributed by atoms with Crippen molar-refractivity contribution in [3.8, 4) is 0 Å². The molecule has 3 nitrogen and oxygen atoms in total.